The van der Waals surface area contributed by atoms with Crippen molar-refractivity contribution in [1.29, 1.82) is 0 Å². The molecule has 102 valence electrons. The Hall–Kier alpha value is -1.95. The summed E-state index contributed by atoms with van der Waals surface area (Å²) in [5.41, 5.74) is 1.91. The minimum Gasteiger partial charge on any atom is -0.481 e. The second kappa shape index (κ2) is 5.79. The lowest BCUT2D eigenvalue weighted by Crippen LogP contribution is -2.55. The highest BCUT2D eigenvalue weighted by Crippen LogP contribution is 2.13. The van der Waals surface area contributed by atoms with E-state index in [2.05, 4.69) is 10.3 Å². The summed E-state index contributed by atoms with van der Waals surface area (Å²) in [6.07, 6.45) is 1.59. The minimum absolute atomic E-state index is 0.175. The van der Waals surface area contributed by atoms with E-state index in [1.54, 1.807) is 6.20 Å². The molecule has 0 saturated carbocycles. The third-order valence-corrected chi connectivity index (χ3v) is 3.17. The van der Waals surface area contributed by atoms with Crippen LogP contribution in [0.15, 0.2) is 18.3 Å². The van der Waals surface area contributed by atoms with Crippen LogP contribution in [0.4, 0.5) is 0 Å². The van der Waals surface area contributed by atoms with Gasteiger partial charge in [0.05, 0.1) is 6.42 Å². The van der Waals surface area contributed by atoms with Crippen LogP contribution in [-0.2, 0) is 16.1 Å². The zero-order chi connectivity index (χ0) is 13.8. The summed E-state index contributed by atoms with van der Waals surface area (Å²) in [6.45, 7) is 3.65. The molecule has 1 atom stereocenters. The van der Waals surface area contributed by atoms with Gasteiger partial charge in [0.1, 0.15) is 6.04 Å². The highest BCUT2D eigenvalue weighted by atomic mass is 16.4. The molecule has 1 aromatic heterocycles. The van der Waals surface area contributed by atoms with Gasteiger partial charge in [-0.25, -0.2) is 0 Å². The van der Waals surface area contributed by atoms with Gasteiger partial charge >= 0.3 is 5.97 Å². The number of nitrogens with one attached hydrogen (secondary N) is 1. The molecule has 0 aromatic carbocycles. The molecule has 1 amide bonds. The summed E-state index contributed by atoms with van der Waals surface area (Å²) in [5, 5.41) is 11.6. The standard InChI is InChI=1S/C13H17N3O3/c1-9-2-3-10(7-15-9)8-16-5-4-14-13(19)11(16)6-12(17)18/h2-3,7,11H,4-6,8H2,1H3,(H,14,19)(H,17,18). The topological polar surface area (TPSA) is 82.5 Å². The summed E-state index contributed by atoms with van der Waals surface area (Å²) in [5.74, 6) is -1.18. The van der Waals surface area contributed by atoms with Gasteiger partial charge in [0.2, 0.25) is 5.91 Å². The number of aliphatic carboxylic acids is 1. The molecular formula is C13H17N3O3. The number of hydrogen-bond donors (Lipinski definition) is 2. The van der Waals surface area contributed by atoms with Gasteiger partial charge in [0.25, 0.3) is 0 Å². The SMILES string of the molecule is Cc1ccc(CN2CCNC(=O)C2CC(=O)O)cn1. The zero-order valence-electron chi connectivity index (χ0n) is 10.8. The number of carbonyl (C=O) groups excluding carboxylic acids is 1. The summed E-state index contributed by atoms with van der Waals surface area (Å²) >= 11 is 0. The van der Waals surface area contributed by atoms with E-state index in [1.165, 1.54) is 0 Å². The molecule has 1 saturated heterocycles. The first-order chi connectivity index (χ1) is 9.06. The molecule has 2 heterocycles. The average Bonchev–Trinajstić information content (AvgIpc) is 2.36. The number of carboxylic acid groups (broad SMARTS) is 1. The number of carboxylic acids is 1. The van der Waals surface area contributed by atoms with Gasteiger partial charge in [-0.15, -0.1) is 0 Å². The number of carbonyl (C=O) groups is 2. The fraction of sp³-hybridized carbons (Fsp3) is 0.462. The molecule has 0 spiro atoms. The number of piperazine rings is 1. The molecule has 1 unspecified atom stereocenters. The van der Waals surface area contributed by atoms with Gasteiger partial charge < -0.3 is 10.4 Å². The molecule has 2 rings (SSSR count). The lowest BCUT2D eigenvalue weighted by molar-refractivity contribution is -0.143. The van der Waals surface area contributed by atoms with E-state index in [9.17, 15) is 9.59 Å². The Bertz CT molecular complexity index is 473. The summed E-state index contributed by atoms with van der Waals surface area (Å²) in [6, 6.07) is 3.26. The van der Waals surface area contributed by atoms with Crippen molar-refractivity contribution in [1.82, 2.24) is 15.2 Å². The van der Waals surface area contributed by atoms with Crippen molar-refractivity contribution in [2.75, 3.05) is 13.1 Å². The van der Waals surface area contributed by atoms with Gasteiger partial charge in [-0.05, 0) is 18.6 Å². The number of aryl methyl sites for hydroxylation is 1. The van der Waals surface area contributed by atoms with Gasteiger partial charge in [0, 0.05) is 31.5 Å². The van der Waals surface area contributed by atoms with Gasteiger partial charge in [-0.3, -0.25) is 19.5 Å². The van der Waals surface area contributed by atoms with E-state index < -0.39 is 12.0 Å². The Morgan fingerprint density at radius 3 is 3.00 bits per heavy atom. The molecule has 1 aliphatic heterocycles. The van der Waals surface area contributed by atoms with Gasteiger partial charge in [0.15, 0.2) is 0 Å². The van der Waals surface area contributed by atoms with Crippen LogP contribution in [0.3, 0.4) is 0 Å². The summed E-state index contributed by atoms with van der Waals surface area (Å²) in [7, 11) is 0. The number of pyridine rings is 1. The smallest absolute Gasteiger partial charge is 0.305 e. The maximum atomic E-state index is 11.8. The lowest BCUT2D eigenvalue weighted by atomic mass is 10.1. The van der Waals surface area contributed by atoms with E-state index >= 15 is 0 Å². The van der Waals surface area contributed by atoms with Crippen molar-refractivity contribution >= 4 is 11.9 Å². The normalized spacial score (nSPS) is 20.1. The third-order valence-electron chi connectivity index (χ3n) is 3.17. The highest BCUT2D eigenvalue weighted by Gasteiger charge is 2.31. The van der Waals surface area contributed by atoms with Gasteiger partial charge in [-0.1, -0.05) is 6.07 Å². The Kier molecular flexibility index (Phi) is 4.11. The molecule has 19 heavy (non-hydrogen) atoms. The van der Waals surface area contributed by atoms with Crippen molar-refractivity contribution in [2.24, 2.45) is 0 Å². The quantitative estimate of drug-likeness (QED) is 0.809. The van der Waals surface area contributed by atoms with Crippen molar-refractivity contribution < 1.29 is 14.7 Å². The number of hydrogen-bond acceptors (Lipinski definition) is 4. The van der Waals surface area contributed by atoms with Crippen LogP contribution < -0.4 is 5.32 Å². The summed E-state index contributed by atoms with van der Waals surface area (Å²) < 4.78 is 0. The highest BCUT2D eigenvalue weighted by molar-refractivity contribution is 5.86. The van der Waals surface area contributed by atoms with Crippen LogP contribution in [-0.4, -0.2) is 46.0 Å². The zero-order valence-corrected chi connectivity index (χ0v) is 10.8. The fourth-order valence-electron chi connectivity index (χ4n) is 2.17. The second-order valence-electron chi connectivity index (χ2n) is 4.68. The molecule has 1 aromatic rings. The molecule has 0 aliphatic carbocycles. The second-order valence-corrected chi connectivity index (χ2v) is 4.68. The van der Waals surface area contributed by atoms with E-state index in [4.69, 9.17) is 5.11 Å². The molecule has 6 nitrogen and oxygen atoms in total. The maximum absolute atomic E-state index is 11.8. The number of aromatic nitrogens is 1. The van der Waals surface area contributed by atoms with Crippen LogP contribution >= 0.6 is 0 Å². The number of nitrogens with zero attached hydrogens (tertiary/aromatic N) is 2. The first-order valence-electron chi connectivity index (χ1n) is 6.21. The first kappa shape index (κ1) is 13.5. The Morgan fingerprint density at radius 1 is 1.58 bits per heavy atom. The molecule has 1 fully saturated rings. The predicted molar refractivity (Wildman–Crippen MR) is 68.4 cm³/mol. The average molecular weight is 263 g/mol. The van der Waals surface area contributed by atoms with Crippen molar-refractivity contribution in [3.63, 3.8) is 0 Å². The van der Waals surface area contributed by atoms with E-state index in [0.29, 0.717) is 19.6 Å². The molecule has 2 N–H and O–H groups in total. The fourth-order valence-corrected chi connectivity index (χ4v) is 2.17. The Balaban J connectivity index is 2.09. The largest absolute Gasteiger partial charge is 0.481 e. The lowest BCUT2D eigenvalue weighted by Gasteiger charge is -2.34. The Morgan fingerprint density at radius 2 is 2.37 bits per heavy atom. The van der Waals surface area contributed by atoms with E-state index in [1.807, 2.05) is 24.0 Å². The van der Waals surface area contributed by atoms with Crippen molar-refractivity contribution in [3.05, 3.63) is 29.6 Å². The summed E-state index contributed by atoms with van der Waals surface area (Å²) in [4.78, 5) is 28.7. The number of amides is 1. The first-order valence-corrected chi connectivity index (χ1v) is 6.21. The van der Waals surface area contributed by atoms with Crippen LogP contribution in [0.25, 0.3) is 0 Å². The van der Waals surface area contributed by atoms with Crippen LogP contribution in [0.2, 0.25) is 0 Å². The van der Waals surface area contributed by atoms with Crippen LogP contribution in [0.5, 0.6) is 0 Å². The monoisotopic (exact) mass is 263 g/mol. The Labute approximate surface area is 111 Å². The van der Waals surface area contributed by atoms with Crippen LogP contribution in [0, 0.1) is 6.92 Å². The molecule has 6 heteroatoms. The molecule has 0 radical (unpaired) electrons. The van der Waals surface area contributed by atoms with Gasteiger partial charge in [-0.2, -0.15) is 0 Å². The minimum atomic E-state index is -0.964. The molecular weight excluding hydrogens is 246 g/mol. The van der Waals surface area contributed by atoms with Crippen molar-refractivity contribution in [3.8, 4) is 0 Å². The van der Waals surface area contributed by atoms with Crippen LogP contribution in [0.1, 0.15) is 17.7 Å². The predicted octanol–water partition coefficient (Wildman–Crippen LogP) is 0.165. The molecule has 1 aliphatic rings. The third kappa shape index (κ3) is 3.51. The van der Waals surface area contributed by atoms with E-state index in [-0.39, 0.29) is 12.3 Å². The maximum Gasteiger partial charge on any atom is 0.305 e. The molecule has 0 bridgehead atoms. The number of rotatable bonds is 4. The van der Waals surface area contributed by atoms with E-state index in [0.717, 1.165) is 11.3 Å². The van der Waals surface area contributed by atoms with Crippen molar-refractivity contribution in [2.45, 2.75) is 25.9 Å².